The molecule has 0 aliphatic carbocycles. The number of aryl methyl sites for hydroxylation is 1. The highest BCUT2D eigenvalue weighted by Crippen LogP contribution is 2.13. The van der Waals surface area contributed by atoms with Gasteiger partial charge in [0.2, 0.25) is 0 Å². The maximum absolute atomic E-state index is 5.53. The monoisotopic (exact) mass is 315 g/mol. The maximum Gasteiger partial charge on any atom is 0.173 e. The maximum atomic E-state index is 5.53. The Morgan fingerprint density at radius 2 is 2.00 bits per heavy atom. The Balaban J connectivity index is 1.49. The summed E-state index contributed by atoms with van der Waals surface area (Å²) in [6.45, 7) is 6.84. The number of furan rings is 1. The second kappa shape index (κ2) is 6.94. The zero-order valence-corrected chi connectivity index (χ0v) is 13.6. The van der Waals surface area contributed by atoms with Crippen LogP contribution in [0.1, 0.15) is 11.3 Å². The second-order valence-electron chi connectivity index (χ2n) is 5.64. The van der Waals surface area contributed by atoms with Gasteiger partial charge >= 0.3 is 0 Å². The lowest BCUT2D eigenvalue weighted by Crippen LogP contribution is -2.49. The number of benzene rings is 1. The van der Waals surface area contributed by atoms with Gasteiger partial charge in [0.05, 0.1) is 12.8 Å². The molecule has 1 fully saturated rings. The molecule has 1 N–H and O–H groups in total. The normalized spacial score (nSPS) is 15.8. The van der Waals surface area contributed by atoms with E-state index >= 15 is 0 Å². The highest BCUT2D eigenvalue weighted by Gasteiger charge is 2.19. The summed E-state index contributed by atoms with van der Waals surface area (Å²) in [4.78, 5) is 4.63. The van der Waals surface area contributed by atoms with E-state index in [9.17, 15) is 0 Å². The summed E-state index contributed by atoms with van der Waals surface area (Å²) in [5, 5.41) is 4.14. The smallest absolute Gasteiger partial charge is 0.173 e. The van der Waals surface area contributed by atoms with Gasteiger partial charge in [-0.15, -0.1) is 0 Å². The van der Waals surface area contributed by atoms with Crippen LogP contribution in [0.3, 0.4) is 0 Å². The number of piperazine rings is 1. The van der Waals surface area contributed by atoms with Crippen LogP contribution in [0.25, 0.3) is 0 Å². The van der Waals surface area contributed by atoms with Crippen LogP contribution in [0.4, 0.5) is 5.69 Å². The highest BCUT2D eigenvalue weighted by molar-refractivity contribution is 7.80. The Bertz CT molecular complexity index is 619. The fraction of sp³-hybridized carbons (Fsp3) is 0.353. The molecule has 2 aromatic rings. The van der Waals surface area contributed by atoms with E-state index in [-0.39, 0.29) is 0 Å². The van der Waals surface area contributed by atoms with Crippen molar-refractivity contribution in [2.75, 3.05) is 31.5 Å². The minimum Gasteiger partial charge on any atom is -0.468 e. The van der Waals surface area contributed by atoms with Gasteiger partial charge in [0.1, 0.15) is 5.76 Å². The predicted octanol–water partition coefficient (Wildman–Crippen LogP) is 3.10. The standard InChI is InChI=1S/C17H21N3OS/c1-14-4-2-5-15(12-14)18-17(22)20-9-7-19(8-10-20)13-16-6-3-11-21-16/h2-6,11-12H,7-10,13H2,1H3,(H,18,22). The fourth-order valence-electron chi connectivity index (χ4n) is 2.66. The molecular formula is C17H21N3OS. The van der Waals surface area contributed by atoms with Crippen LogP contribution in [-0.2, 0) is 6.54 Å². The number of hydrogen-bond acceptors (Lipinski definition) is 3. The summed E-state index contributed by atoms with van der Waals surface area (Å²) in [7, 11) is 0. The molecule has 0 bridgehead atoms. The van der Waals surface area contributed by atoms with E-state index in [1.807, 2.05) is 24.3 Å². The van der Waals surface area contributed by atoms with Crippen molar-refractivity contribution in [2.45, 2.75) is 13.5 Å². The average molecular weight is 315 g/mol. The molecule has 1 saturated heterocycles. The molecule has 4 nitrogen and oxygen atoms in total. The van der Waals surface area contributed by atoms with Crippen molar-refractivity contribution < 1.29 is 4.42 Å². The Hall–Kier alpha value is -1.85. The van der Waals surface area contributed by atoms with Gasteiger partial charge in [0.15, 0.2) is 5.11 Å². The molecule has 0 radical (unpaired) electrons. The molecule has 0 saturated carbocycles. The molecule has 1 aromatic heterocycles. The van der Waals surface area contributed by atoms with Crippen LogP contribution in [0, 0.1) is 6.92 Å². The molecule has 0 unspecified atom stereocenters. The fourth-order valence-corrected chi connectivity index (χ4v) is 2.96. The zero-order valence-electron chi connectivity index (χ0n) is 12.8. The molecule has 3 rings (SSSR count). The summed E-state index contributed by atoms with van der Waals surface area (Å²) in [6.07, 6.45) is 1.73. The Morgan fingerprint density at radius 1 is 1.18 bits per heavy atom. The zero-order chi connectivity index (χ0) is 15.4. The average Bonchev–Trinajstić information content (AvgIpc) is 3.01. The second-order valence-corrected chi connectivity index (χ2v) is 6.03. The summed E-state index contributed by atoms with van der Waals surface area (Å²) < 4.78 is 5.41. The molecule has 5 heteroatoms. The molecule has 0 atom stereocenters. The first-order valence-electron chi connectivity index (χ1n) is 7.58. The van der Waals surface area contributed by atoms with Crippen molar-refractivity contribution in [3.05, 3.63) is 54.0 Å². The van der Waals surface area contributed by atoms with Crippen molar-refractivity contribution >= 4 is 23.0 Å². The third-order valence-corrected chi connectivity index (χ3v) is 4.25. The van der Waals surface area contributed by atoms with Gasteiger partial charge in [0.25, 0.3) is 0 Å². The molecule has 116 valence electrons. The minimum absolute atomic E-state index is 0.809. The molecular weight excluding hydrogens is 294 g/mol. The lowest BCUT2D eigenvalue weighted by atomic mass is 10.2. The quantitative estimate of drug-likeness (QED) is 0.880. The van der Waals surface area contributed by atoms with Crippen molar-refractivity contribution in [3.63, 3.8) is 0 Å². The molecule has 22 heavy (non-hydrogen) atoms. The van der Waals surface area contributed by atoms with Crippen LogP contribution in [0.15, 0.2) is 47.1 Å². The summed E-state index contributed by atoms with van der Waals surface area (Å²) in [5.74, 6) is 1.02. The largest absolute Gasteiger partial charge is 0.468 e. The minimum atomic E-state index is 0.809. The summed E-state index contributed by atoms with van der Waals surface area (Å²) >= 11 is 5.53. The number of nitrogens with zero attached hydrogens (tertiary/aromatic N) is 2. The van der Waals surface area contributed by atoms with Gasteiger partial charge in [0, 0.05) is 31.9 Å². The highest BCUT2D eigenvalue weighted by atomic mass is 32.1. The molecule has 1 aliphatic heterocycles. The number of anilines is 1. The van der Waals surface area contributed by atoms with Gasteiger partial charge in [-0.2, -0.15) is 0 Å². The number of hydrogen-bond donors (Lipinski definition) is 1. The lowest BCUT2D eigenvalue weighted by Gasteiger charge is -2.35. The van der Waals surface area contributed by atoms with Crippen molar-refractivity contribution in [3.8, 4) is 0 Å². The van der Waals surface area contributed by atoms with E-state index in [0.717, 1.165) is 49.3 Å². The van der Waals surface area contributed by atoms with E-state index in [1.54, 1.807) is 6.26 Å². The van der Waals surface area contributed by atoms with Crippen LogP contribution >= 0.6 is 12.2 Å². The van der Waals surface area contributed by atoms with Crippen LogP contribution < -0.4 is 5.32 Å². The van der Waals surface area contributed by atoms with Gasteiger partial charge in [-0.05, 0) is 49.0 Å². The SMILES string of the molecule is Cc1cccc(NC(=S)N2CCN(Cc3ccco3)CC2)c1. The lowest BCUT2D eigenvalue weighted by molar-refractivity contribution is 0.166. The first-order chi connectivity index (χ1) is 10.7. The van der Waals surface area contributed by atoms with E-state index in [2.05, 4.69) is 34.2 Å². The molecule has 1 aromatic carbocycles. The van der Waals surface area contributed by atoms with Crippen LogP contribution in [0.2, 0.25) is 0 Å². The van der Waals surface area contributed by atoms with E-state index in [0.29, 0.717) is 0 Å². The van der Waals surface area contributed by atoms with Crippen molar-refractivity contribution in [1.29, 1.82) is 0 Å². The van der Waals surface area contributed by atoms with Crippen molar-refractivity contribution in [2.24, 2.45) is 0 Å². The molecule has 0 amide bonds. The van der Waals surface area contributed by atoms with Gasteiger partial charge in [-0.25, -0.2) is 0 Å². The number of rotatable bonds is 3. The third-order valence-electron chi connectivity index (χ3n) is 3.89. The number of thiocarbonyl (C=S) groups is 1. The van der Waals surface area contributed by atoms with Crippen molar-refractivity contribution in [1.82, 2.24) is 9.80 Å². The molecule has 1 aliphatic rings. The van der Waals surface area contributed by atoms with E-state index in [1.165, 1.54) is 5.56 Å². The first kappa shape index (κ1) is 15.1. The van der Waals surface area contributed by atoms with Gasteiger partial charge in [-0.1, -0.05) is 12.1 Å². The Kier molecular flexibility index (Phi) is 4.75. The predicted molar refractivity (Wildman–Crippen MR) is 93.0 cm³/mol. The Morgan fingerprint density at radius 3 is 2.68 bits per heavy atom. The third kappa shape index (κ3) is 3.87. The van der Waals surface area contributed by atoms with Gasteiger partial charge in [-0.3, -0.25) is 4.90 Å². The van der Waals surface area contributed by atoms with Gasteiger partial charge < -0.3 is 14.6 Å². The summed E-state index contributed by atoms with van der Waals surface area (Å²) in [6, 6.07) is 12.2. The Labute approximate surface area is 136 Å². The topological polar surface area (TPSA) is 31.6 Å². The molecule has 2 heterocycles. The number of nitrogens with one attached hydrogen (secondary N) is 1. The summed E-state index contributed by atoms with van der Waals surface area (Å²) in [5.41, 5.74) is 2.29. The van der Waals surface area contributed by atoms with E-state index < -0.39 is 0 Å². The van der Waals surface area contributed by atoms with Crippen LogP contribution in [0.5, 0.6) is 0 Å². The van der Waals surface area contributed by atoms with Crippen LogP contribution in [-0.4, -0.2) is 41.1 Å². The molecule has 0 spiro atoms. The first-order valence-corrected chi connectivity index (χ1v) is 7.99. The van der Waals surface area contributed by atoms with E-state index in [4.69, 9.17) is 16.6 Å².